The molecule has 2 rings (SSSR count). The quantitative estimate of drug-likeness (QED) is 0.907. The molecule has 1 heterocycles. The van der Waals surface area contributed by atoms with Crippen LogP contribution in [-0.4, -0.2) is 19.7 Å². The molecule has 1 aliphatic heterocycles. The Bertz CT molecular complexity index is 364. The average molecular weight is 274 g/mol. The lowest BCUT2D eigenvalue weighted by atomic mass is 10.0. The number of ether oxygens (including phenoxy) is 1. The molecular weight excluding hydrogens is 257 g/mol. The predicted molar refractivity (Wildman–Crippen MR) is 71.7 cm³/mol. The van der Waals surface area contributed by atoms with E-state index in [-0.39, 0.29) is 0 Å². The molecule has 0 aliphatic carbocycles. The van der Waals surface area contributed by atoms with Crippen molar-refractivity contribution in [2.75, 3.05) is 19.7 Å². The summed E-state index contributed by atoms with van der Waals surface area (Å²) in [4.78, 5) is 0. The summed E-state index contributed by atoms with van der Waals surface area (Å²) < 4.78 is 5.71. The van der Waals surface area contributed by atoms with Crippen molar-refractivity contribution in [3.05, 3.63) is 33.8 Å². The third-order valence-electron chi connectivity index (χ3n) is 3.01. The van der Waals surface area contributed by atoms with E-state index >= 15 is 0 Å². The van der Waals surface area contributed by atoms with Gasteiger partial charge in [-0.2, -0.15) is 0 Å². The summed E-state index contributed by atoms with van der Waals surface area (Å²) >= 11 is 11.8. The number of hydrogen-bond acceptors (Lipinski definition) is 2. The van der Waals surface area contributed by atoms with Crippen LogP contribution in [0.2, 0.25) is 10.0 Å². The summed E-state index contributed by atoms with van der Waals surface area (Å²) in [7, 11) is 0. The molecule has 2 nitrogen and oxygen atoms in total. The van der Waals surface area contributed by atoms with E-state index in [1.165, 1.54) is 12.8 Å². The lowest BCUT2D eigenvalue weighted by molar-refractivity contribution is 0.0783. The SMILES string of the molecule is Clc1ccc(COC[C@H]2CCCNC2)cc1Cl. The second-order valence-electron chi connectivity index (χ2n) is 4.48. The number of halogens is 2. The molecule has 4 heteroatoms. The van der Waals surface area contributed by atoms with Gasteiger partial charge in [-0.05, 0) is 43.0 Å². The number of benzene rings is 1. The molecule has 1 aliphatic rings. The topological polar surface area (TPSA) is 21.3 Å². The Labute approximate surface area is 112 Å². The molecule has 0 radical (unpaired) electrons. The summed E-state index contributed by atoms with van der Waals surface area (Å²) in [6.07, 6.45) is 2.51. The molecule has 0 unspecified atom stereocenters. The first-order valence-corrected chi connectivity index (χ1v) is 6.73. The fraction of sp³-hybridized carbons (Fsp3) is 0.538. The summed E-state index contributed by atoms with van der Waals surface area (Å²) in [6.45, 7) is 3.63. The Hall–Kier alpha value is -0.280. The van der Waals surface area contributed by atoms with Crippen LogP contribution < -0.4 is 5.32 Å². The van der Waals surface area contributed by atoms with Crippen LogP contribution in [0.4, 0.5) is 0 Å². The molecule has 0 amide bonds. The van der Waals surface area contributed by atoms with Crippen molar-refractivity contribution in [1.82, 2.24) is 5.32 Å². The normalized spacial score (nSPS) is 20.5. The first-order chi connectivity index (χ1) is 8.25. The van der Waals surface area contributed by atoms with Crippen LogP contribution in [0, 0.1) is 5.92 Å². The molecule has 1 N–H and O–H groups in total. The van der Waals surface area contributed by atoms with E-state index in [1.807, 2.05) is 18.2 Å². The van der Waals surface area contributed by atoms with E-state index in [2.05, 4.69) is 5.32 Å². The third kappa shape index (κ3) is 4.14. The maximum absolute atomic E-state index is 5.94. The monoisotopic (exact) mass is 273 g/mol. The zero-order valence-corrected chi connectivity index (χ0v) is 11.2. The third-order valence-corrected chi connectivity index (χ3v) is 3.74. The van der Waals surface area contributed by atoms with Gasteiger partial charge in [-0.25, -0.2) is 0 Å². The largest absolute Gasteiger partial charge is 0.376 e. The Balaban J connectivity index is 1.75. The lowest BCUT2D eigenvalue weighted by Crippen LogP contribution is -2.32. The molecule has 0 bridgehead atoms. The van der Waals surface area contributed by atoms with Crippen LogP contribution in [0.25, 0.3) is 0 Å². The predicted octanol–water partition coefficient (Wildman–Crippen LogP) is 3.51. The van der Waals surface area contributed by atoms with Gasteiger partial charge in [-0.15, -0.1) is 0 Å². The van der Waals surface area contributed by atoms with Crippen molar-refractivity contribution >= 4 is 23.2 Å². The molecule has 1 saturated heterocycles. The van der Waals surface area contributed by atoms with Gasteiger partial charge < -0.3 is 10.1 Å². The second kappa shape index (κ2) is 6.60. The number of rotatable bonds is 4. The van der Waals surface area contributed by atoms with Gasteiger partial charge >= 0.3 is 0 Å². The first kappa shape index (κ1) is 13.2. The molecule has 1 aromatic carbocycles. The van der Waals surface area contributed by atoms with Crippen molar-refractivity contribution < 1.29 is 4.74 Å². The highest BCUT2D eigenvalue weighted by molar-refractivity contribution is 6.41. The standard InChI is InChI=1S/C13H17Cl2NO/c14-12-4-3-10(6-13(12)15)8-17-9-11-2-1-5-16-7-11/h3-4,6,11,16H,1-2,5,7-9H2/t11-/m0/s1. The molecular formula is C13H17Cl2NO. The van der Waals surface area contributed by atoms with Crippen molar-refractivity contribution in [1.29, 1.82) is 0 Å². The van der Waals surface area contributed by atoms with Gasteiger partial charge in [0.25, 0.3) is 0 Å². The van der Waals surface area contributed by atoms with Gasteiger partial charge in [-0.3, -0.25) is 0 Å². The van der Waals surface area contributed by atoms with E-state index in [1.54, 1.807) is 0 Å². The molecule has 1 fully saturated rings. The van der Waals surface area contributed by atoms with Crippen LogP contribution in [0.5, 0.6) is 0 Å². The fourth-order valence-electron chi connectivity index (χ4n) is 2.04. The van der Waals surface area contributed by atoms with Gasteiger partial charge in [0.2, 0.25) is 0 Å². The van der Waals surface area contributed by atoms with Crippen LogP contribution in [0.1, 0.15) is 18.4 Å². The Kier molecular flexibility index (Phi) is 5.11. The van der Waals surface area contributed by atoms with E-state index in [9.17, 15) is 0 Å². The Morgan fingerprint density at radius 3 is 2.88 bits per heavy atom. The molecule has 1 aromatic rings. The Morgan fingerprint density at radius 2 is 2.18 bits per heavy atom. The van der Waals surface area contributed by atoms with Crippen LogP contribution in [-0.2, 0) is 11.3 Å². The summed E-state index contributed by atoms with van der Waals surface area (Å²) in [5.74, 6) is 0.645. The van der Waals surface area contributed by atoms with Gasteiger partial charge in [-0.1, -0.05) is 29.3 Å². The summed E-state index contributed by atoms with van der Waals surface area (Å²) in [5.41, 5.74) is 1.07. The second-order valence-corrected chi connectivity index (χ2v) is 5.29. The van der Waals surface area contributed by atoms with Gasteiger partial charge in [0, 0.05) is 6.54 Å². The highest BCUT2D eigenvalue weighted by Crippen LogP contribution is 2.23. The number of hydrogen-bond donors (Lipinski definition) is 1. The van der Waals surface area contributed by atoms with Gasteiger partial charge in [0.15, 0.2) is 0 Å². The van der Waals surface area contributed by atoms with Crippen LogP contribution in [0.15, 0.2) is 18.2 Å². The maximum atomic E-state index is 5.94. The minimum absolute atomic E-state index is 0.590. The minimum atomic E-state index is 0.590. The minimum Gasteiger partial charge on any atom is -0.376 e. The first-order valence-electron chi connectivity index (χ1n) is 5.98. The van der Waals surface area contributed by atoms with E-state index in [0.29, 0.717) is 22.6 Å². The molecule has 17 heavy (non-hydrogen) atoms. The highest BCUT2D eigenvalue weighted by Gasteiger charge is 2.12. The Morgan fingerprint density at radius 1 is 1.29 bits per heavy atom. The van der Waals surface area contributed by atoms with E-state index in [0.717, 1.165) is 25.3 Å². The maximum Gasteiger partial charge on any atom is 0.0717 e. The summed E-state index contributed by atoms with van der Waals surface area (Å²) in [6, 6.07) is 5.63. The van der Waals surface area contributed by atoms with Crippen molar-refractivity contribution in [2.45, 2.75) is 19.4 Å². The number of nitrogens with one attached hydrogen (secondary N) is 1. The zero-order chi connectivity index (χ0) is 12.1. The summed E-state index contributed by atoms with van der Waals surface area (Å²) in [5, 5.41) is 4.56. The molecule has 0 spiro atoms. The van der Waals surface area contributed by atoms with E-state index < -0.39 is 0 Å². The number of piperidine rings is 1. The molecule has 94 valence electrons. The van der Waals surface area contributed by atoms with E-state index in [4.69, 9.17) is 27.9 Å². The molecule has 0 saturated carbocycles. The smallest absolute Gasteiger partial charge is 0.0717 e. The van der Waals surface area contributed by atoms with Crippen molar-refractivity contribution in [3.8, 4) is 0 Å². The van der Waals surface area contributed by atoms with Gasteiger partial charge in [0.05, 0.1) is 23.3 Å². The highest BCUT2D eigenvalue weighted by atomic mass is 35.5. The van der Waals surface area contributed by atoms with Crippen molar-refractivity contribution in [3.63, 3.8) is 0 Å². The van der Waals surface area contributed by atoms with Crippen molar-refractivity contribution in [2.24, 2.45) is 5.92 Å². The zero-order valence-electron chi connectivity index (χ0n) is 9.72. The van der Waals surface area contributed by atoms with Crippen LogP contribution in [0.3, 0.4) is 0 Å². The van der Waals surface area contributed by atoms with Gasteiger partial charge in [0.1, 0.15) is 0 Å². The fourth-order valence-corrected chi connectivity index (χ4v) is 2.36. The lowest BCUT2D eigenvalue weighted by Gasteiger charge is -2.22. The molecule has 0 aromatic heterocycles. The average Bonchev–Trinajstić information content (AvgIpc) is 2.35. The van der Waals surface area contributed by atoms with Crippen LogP contribution >= 0.6 is 23.2 Å². The molecule has 1 atom stereocenters.